The Morgan fingerprint density at radius 3 is 2.29 bits per heavy atom. The summed E-state index contributed by atoms with van der Waals surface area (Å²) in [4.78, 5) is 41.7. The Bertz CT molecular complexity index is 2220. The minimum atomic E-state index is -4.79. The number of aliphatic carboxylic acids is 1. The summed E-state index contributed by atoms with van der Waals surface area (Å²) in [7, 11) is -3.44. The number of piperidine rings is 1. The maximum absolute atomic E-state index is 14.7. The highest BCUT2D eigenvalue weighted by molar-refractivity contribution is 7.89. The molecule has 1 aromatic heterocycles. The van der Waals surface area contributed by atoms with Crippen molar-refractivity contribution in [1.29, 1.82) is 0 Å². The van der Waals surface area contributed by atoms with Gasteiger partial charge >= 0.3 is 18.2 Å². The van der Waals surface area contributed by atoms with Crippen molar-refractivity contribution in [1.82, 2.24) is 13.8 Å². The molecule has 1 fully saturated rings. The van der Waals surface area contributed by atoms with E-state index >= 15 is 0 Å². The summed E-state index contributed by atoms with van der Waals surface area (Å²) >= 11 is 0. The zero-order valence-corrected chi connectivity index (χ0v) is 29.8. The van der Waals surface area contributed by atoms with E-state index in [0.717, 1.165) is 33.3 Å². The first kappa shape index (κ1) is 36.9. The van der Waals surface area contributed by atoms with Crippen molar-refractivity contribution in [3.63, 3.8) is 0 Å². The largest absolute Gasteiger partial charge is 0.480 e. The van der Waals surface area contributed by atoms with Gasteiger partial charge in [-0.3, -0.25) is 9.36 Å². The molecular weight excluding hydrogens is 701 g/mol. The van der Waals surface area contributed by atoms with Crippen molar-refractivity contribution >= 4 is 38.5 Å². The van der Waals surface area contributed by atoms with Crippen molar-refractivity contribution < 1.29 is 41.0 Å². The van der Waals surface area contributed by atoms with Gasteiger partial charge in [0.1, 0.15) is 17.3 Å². The van der Waals surface area contributed by atoms with Crippen LogP contribution in [0.5, 0.6) is 0 Å². The van der Waals surface area contributed by atoms with E-state index in [0.29, 0.717) is 23.0 Å². The van der Waals surface area contributed by atoms with Gasteiger partial charge < -0.3 is 20.1 Å². The predicted molar refractivity (Wildman–Crippen MR) is 189 cm³/mol. The molecule has 15 heteroatoms. The van der Waals surface area contributed by atoms with E-state index in [1.54, 1.807) is 32.9 Å². The number of rotatable bonds is 6. The summed E-state index contributed by atoms with van der Waals surface area (Å²) in [6.07, 6.45) is -4.69. The molecule has 6 rings (SSSR count). The van der Waals surface area contributed by atoms with Crippen LogP contribution in [0, 0.1) is 0 Å². The number of carboxylic acids is 1. The molecule has 2 N–H and O–H groups in total. The summed E-state index contributed by atoms with van der Waals surface area (Å²) < 4.78 is 77.9. The SMILES string of the molecule is CN1CC(C(=O)O)n2c(c(-c3cccc(C(F)(F)F)c3)c(Cc3cccc4ccccc34)c(NC3CCN(C(=O)OC(C)(C)C)CC3)c2=O)S1(=O)=O. The number of carbonyl (C=O) groups is 2. The molecule has 52 heavy (non-hydrogen) atoms. The number of alkyl halides is 3. The van der Waals surface area contributed by atoms with Gasteiger partial charge in [-0.1, -0.05) is 54.6 Å². The smallest absolute Gasteiger partial charge is 0.416 e. The fraction of sp³-hybridized carbons (Fsp3) is 0.378. The number of benzene rings is 3. The molecular formula is C37H39F3N4O7S. The van der Waals surface area contributed by atoms with Gasteiger partial charge in [-0.05, 0) is 73.2 Å². The van der Waals surface area contributed by atoms with Crippen LogP contribution in [0.15, 0.2) is 76.6 Å². The third kappa shape index (κ3) is 7.11. The van der Waals surface area contributed by atoms with Crippen molar-refractivity contribution in [2.75, 3.05) is 32.0 Å². The first-order valence-corrected chi connectivity index (χ1v) is 18.2. The number of likely N-dealkylation sites (tertiary alicyclic amines) is 1. The number of anilines is 1. The van der Waals surface area contributed by atoms with Gasteiger partial charge in [0.2, 0.25) is 0 Å². The summed E-state index contributed by atoms with van der Waals surface area (Å²) in [6.45, 7) is 5.20. The Labute approximate surface area is 298 Å². The van der Waals surface area contributed by atoms with Crippen molar-refractivity contribution in [2.45, 2.75) is 68.9 Å². The summed E-state index contributed by atoms with van der Waals surface area (Å²) in [5.41, 5.74) is -2.41. The third-order valence-electron chi connectivity index (χ3n) is 9.37. The first-order chi connectivity index (χ1) is 24.4. The highest BCUT2D eigenvalue weighted by Gasteiger charge is 2.44. The molecule has 3 heterocycles. The standard InChI is InChI=1S/C37H39F3N4O7S/c1-36(2,3)51-35(48)43-17-15-26(16-18-43)41-31-28(20-23-11-7-10-22-9-5-6-14-27(22)23)30(24-12-8-13-25(19-24)37(38,39)40)33-44(32(31)45)29(34(46)47)21-42(4)52(33,49)50/h5-14,19,26,29,41H,15-18,20-21H2,1-4H3,(H,46,47). The molecule has 0 radical (unpaired) electrons. The second-order valence-electron chi connectivity index (χ2n) is 14.1. The molecule has 11 nitrogen and oxygen atoms in total. The maximum Gasteiger partial charge on any atom is 0.416 e. The minimum Gasteiger partial charge on any atom is -0.480 e. The monoisotopic (exact) mass is 740 g/mol. The van der Waals surface area contributed by atoms with Gasteiger partial charge in [-0.2, -0.15) is 17.5 Å². The number of carbonyl (C=O) groups excluding carboxylic acids is 1. The molecule has 1 amide bonds. The number of nitrogens with zero attached hydrogens (tertiary/aromatic N) is 3. The normalized spacial score (nSPS) is 18.2. The van der Waals surface area contributed by atoms with E-state index in [1.807, 2.05) is 30.3 Å². The number of aromatic nitrogens is 1. The van der Waals surface area contributed by atoms with Crippen LogP contribution in [0.1, 0.15) is 56.3 Å². The Morgan fingerprint density at radius 2 is 1.63 bits per heavy atom. The lowest BCUT2D eigenvalue weighted by Gasteiger charge is -2.36. The number of likely N-dealkylation sites (N-methyl/N-ethyl adjacent to an activating group) is 1. The molecule has 0 saturated carbocycles. The Balaban J connectivity index is 1.61. The molecule has 276 valence electrons. The highest BCUT2D eigenvalue weighted by Crippen LogP contribution is 2.42. The zero-order chi connectivity index (χ0) is 37.7. The van der Waals surface area contributed by atoms with Crippen LogP contribution in [0.3, 0.4) is 0 Å². The average molecular weight is 741 g/mol. The van der Waals surface area contributed by atoms with Gasteiger partial charge in [0.05, 0.1) is 5.56 Å². The molecule has 0 spiro atoms. The Morgan fingerprint density at radius 1 is 0.981 bits per heavy atom. The Kier molecular flexibility index (Phi) is 9.64. The maximum atomic E-state index is 14.7. The lowest BCUT2D eigenvalue weighted by molar-refractivity contribution is -0.141. The molecule has 4 aromatic rings. The van der Waals surface area contributed by atoms with Crippen molar-refractivity contribution in [3.05, 3.63) is 93.8 Å². The average Bonchev–Trinajstić information content (AvgIpc) is 3.07. The number of hydrogen-bond acceptors (Lipinski definition) is 7. The Hall–Kier alpha value is -4.89. The van der Waals surface area contributed by atoms with E-state index < -0.39 is 68.6 Å². The fourth-order valence-corrected chi connectivity index (χ4v) is 8.45. The van der Waals surface area contributed by atoms with Gasteiger partial charge in [0, 0.05) is 44.7 Å². The van der Waals surface area contributed by atoms with Gasteiger partial charge in [-0.15, -0.1) is 0 Å². The fourth-order valence-electron chi connectivity index (χ4n) is 6.86. The van der Waals surface area contributed by atoms with Crippen LogP contribution in [0.2, 0.25) is 0 Å². The number of nitrogens with one attached hydrogen (secondary N) is 1. The molecule has 1 unspecified atom stereocenters. The molecule has 3 aromatic carbocycles. The third-order valence-corrected chi connectivity index (χ3v) is 11.2. The number of amides is 1. The molecule has 1 saturated heterocycles. The van der Waals surface area contributed by atoms with E-state index in [9.17, 15) is 41.1 Å². The van der Waals surface area contributed by atoms with E-state index in [1.165, 1.54) is 18.0 Å². The minimum absolute atomic E-state index is 0.0912. The van der Waals surface area contributed by atoms with Crippen LogP contribution >= 0.6 is 0 Å². The number of hydrogen-bond donors (Lipinski definition) is 2. The molecule has 0 bridgehead atoms. The molecule has 1 atom stereocenters. The lowest BCUT2D eigenvalue weighted by atomic mass is 9.91. The first-order valence-electron chi connectivity index (χ1n) is 16.8. The second kappa shape index (κ2) is 13.6. The van der Waals surface area contributed by atoms with Crippen LogP contribution < -0.4 is 10.9 Å². The zero-order valence-electron chi connectivity index (χ0n) is 29.0. The van der Waals surface area contributed by atoms with Crippen LogP contribution in [-0.4, -0.2) is 77.7 Å². The van der Waals surface area contributed by atoms with Crippen LogP contribution in [0.25, 0.3) is 21.9 Å². The molecule has 0 aliphatic carbocycles. The number of carboxylic acid groups (broad SMARTS) is 1. The number of sulfonamides is 1. The van der Waals surface area contributed by atoms with E-state index in [4.69, 9.17) is 4.74 Å². The quantitative estimate of drug-likeness (QED) is 0.233. The highest BCUT2D eigenvalue weighted by atomic mass is 32.2. The lowest BCUT2D eigenvalue weighted by Crippen LogP contribution is -2.49. The molecule has 2 aliphatic heterocycles. The van der Waals surface area contributed by atoms with Crippen LogP contribution in [0.4, 0.5) is 23.7 Å². The van der Waals surface area contributed by atoms with E-state index in [2.05, 4.69) is 5.32 Å². The van der Waals surface area contributed by atoms with Gasteiger partial charge in [0.25, 0.3) is 15.6 Å². The second-order valence-corrected chi connectivity index (χ2v) is 16.1. The van der Waals surface area contributed by atoms with Crippen molar-refractivity contribution in [3.8, 4) is 11.1 Å². The summed E-state index contributed by atoms with van der Waals surface area (Å²) in [6, 6.07) is 14.9. The summed E-state index contributed by atoms with van der Waals surface area (Å²) in [5, 5.41) is 14.5. The number of halogens is 3. The number of pyridine rings is 1. The van der Waals surface area contributed by atoms with Crippen molar-refractivity contribution in [2.24, 2.45) is 0 Å². The van der Waals surface area contributed by atoms with Crippen LogP contribution in [-0.2, 0) is 32.2 Å². The predicted octanol–water partition coefficient (Wildman–Crippen LogP) is 6.35. The number of fused-ring (bicyclic) bond motifs is 2. The van der Waals surface area contributed by atoms with Gasteiger partial charge in [0.15, 0.2) is 5.03 Å². The number of ether oxygens (including phenoxy) is 1. The molecule has 2 aliphatic rings. The van der Waals surface area contributed by atoms with E-state index in [-0.39, 0.29) is 41.9 Å². The summed E-state index contributed by atoms with van der Waals surface area (Å²) in [5.74, 6) is -1.49. The van der Waals surface area contributed by atoms with Gasteiger partial charge in [-0.25, -0.2) is 18.0 Å². The topological polar surface area (TPSA) is 138 Å².